The number of carbonyl (C=O) groups excluding carboxylic acids is 2. The Hall–Kier alpha value is -2.74. The average Bonchev–Trinajstić information content (AvgIpc) is 2.96. The molecule has 0 bridgehead atoms. The molecule has 24 heavy (non-hydrogen) atoms. The van der Waals surface area contributed by atoms with E-state index in [1.54, 1.807) is 0 Å². The number of ether oxygens (including phenoxy) is 2. The van der Waals surface area contributed by atoms with Gasteiger partial charge in [-0.3, -0.25) is 4.90 Å². The molecular weight excluding hydrogens is 306 g/mol. The summed E-state index contributed by atoms with van der Waals surface area (Å²) in [6, 6.07) is 7.83. The highest BCUT2D eigenvalue weighted by Gasteiger charge is 2.32. The summed E-state index contributed by atoms with van der Waals surface area (Å²) in [6.45, 7) is 6.62. The van der Waals surface area contributed by atoms with E-state index >= 15 is 0 Å². The van der Waals surface area contributed by atoms with Crippen molar-refractivity contribution in [3.8, 4) is 12.3 Å². The van der Waals surface area contributed by atoms with E-state index in [9.17, 15) is 9.59 Å². The van der Waals surface area contributed by atoms with Gasteiger partial charge in [0.15, 0.2) is 0 Å². The smallest absolute Gasteiger partial charge is 0.414 e. The molecular formula is C19H21NO4. The molecule has 1 aromatic carbocycles. The van der Waals surface area contributed by atoms with Gasteiger partial charge in [0.25, 0.3) is 0 Å². The van der Waals surface area contributed by atoms with Gasteiger partial charge in [0.05, 0.1) is 12.6 Å². The topological polar surface area (TPSA) is 55.8 Å². The fourth-order valence-corrected chi connectivity index (χ4v) is 2.74. The molecule has 0 saturated heterocycles. The second-order valence-corrected chi connectivity index (χ2v) is 5.72. The molecule has 1 unspecified atom stereocenters. The minimum atomic E-state index is -1.02. The van der Waals surface area contributed by atoms with Gasteiger partial charge in [-0.2, -0.15) is 0 Å². The van der Waals surface area contributed by atoms with Crippen LogP contribution in [0.3, 0.4) is 0 Å². The molecule has 0 heterocycles. The Labute approximate surface area is 142 Å². The van der Waals surface area contributed by atoms with Crippen LogP contribution in [-0.2, 0) is 20.7 Å². The van der Waals surface area contributed by atoms with Crippen LogP contribution in [0.25, 0.3) is 0 Å². The highest BCUT2D eigenvalue weighted by Crippen LogP contribution is 2.35. The molecule has 5 nitrogen and oxygen atoms in total. The van der Waals surface area contributed by atoms with E-state index in [2.05, 4.69) is 12.5 Å². The standard InChI is InChI=1S/C19H21NO4/c1-5-12-20(17-11-10-15-8-6-7-9-16(15)17)19(22)24-14(4)23-18(21)13(2)3/h1,6-9,14,17H,2,10-12H2,3-4H3/t14?,17-/m1/s1. The zero-order valence-corrected chi connectivity index (χ0v) is 14.0. The third kappa shape index (κ3) is 3.96. The Morgan fingerprint density at radius 2 is 2.12 bits per heavy atom. The highest BCUT2D eigenvalue weighted by molar-refractivity contribution is 5.87. The van der Waals surface area contributed by atoms with Crippen molar-refractivity contribution in [1.82, 2.24) is 4.90 Å². The lowest BCUT2D eigenvalue weighted by atomic mass is 10.1. The van der Waals surface area contributed by atoms with Crippen molar-refractivity contribution >= 4 is 12.1 Å². The van der Waals surface area contributed by atoms with Gasteiger partial charge in [0, 0.05) is 12.5 Å². The van der Waals surface area contributed by atoms with Crippen LogP contribution in [0.4, 0.5) is 4.79 Å². The number of esters is 1. The SMILES string of the molecule is C#CCN(C(=O)OC(C)OC(=O)C(=C)C)[C@@H]1CCc2ccccc21. The summed E-state index contributed by atoms with van der Waals surface area (Å²) in [5.41, 5.74) is 2.53. The Morgan fingerprint density at radius 3 is 2.79 bits per heavy atom. The molecule has 126 valence electrons. The first-order valence-electron chi connectivity index (χ1n) is 7.79. The molecule has 2 atom stereocenters. The van der Waals surface area contributed by atoms with Crippen LogP contribution in [0, 0.1) is 12.3 Å². The molecule has 0 aromatic heterocycles. The lowest BCUT2D eigenvalue weighted by Crippen LogP contribution is -2.37. The van der Waals surface area contributed by atoms with Crippen molar-refractivity contribution in [2.24, 2.45) is 0 Å². The average molecular weight is 327 g/mol. The summed E-state index contributed by atoms with van der Waals surface area (Å²) >= 11 is 0. The molecule has 0 fully saturated rings. The fraction of sp³-hybridized carbons (Fsp3) is 0.368. The first-order chi connectivity index (χ1) is 11.4. The lowest BCUT2D eigenvalue weighted by molar-refractivity contribution is -0.161. The molecule has 1 aromatic rings. The minimum absolute atomic E-state index is 0.124. The van der Waals surface area contributed by atoms with Gasteiger partial charge in [-0.05, 0) is 30.9 Å². The zero-order chi connectivity index (χ0) is 17.7. The first kappa shape index (κ1) is 17.6. The lowest BCUT2D eigenvalue weighted by Gasteiger charge is -2.28. The van der Waals surface area contributed by atoms with Crippen LogP contribution < -0.4 is 0 Å². The zero-order valence-electron chi connectivity index (χ0n) is 14.0. The van der Waals surface area contributed by atoms with Crippen LogP contribution in [0.15, 0.2) is 36.4 Å². The molecule has 1 aliphatic rings. The maximum Gasteiger partial charge on any atom is 0.414 e. The molecule has 0 saturated carbocycles. The third-order valence-electron chi connectivity index (χ3n) is 3.86. The van der Waals surface area contributed by atoms with Gasteiger partial charge < -0.3 is 9.47 Å². The molecule has 2 rings (SSSR count). The minimum Gasteiger partial charge on any atom is -0.422 e. The maximum atomic E-state index is 12.5. The van der Waals surface area contributed by atoms with Crippen molar-refractivity contribution in [2.75, 3.05) is 6.54 Å². The normalized spacial score (nSPS) is 16.5. The number of hydrogen-bond acceptors (Lipinski definition) is 4. The predicted molar refractivity (Wildman–Crippen MR) is 89.9 cm³/mol. The fourth-order valence-electron chi connectivity index (χ4n) is 2.74. The number of terminal acetylenes is 1. The van der Waals surface area contributed by atoms with Crippen LogP contribution in [0.2, 0.25) is 0 Å². The quantitative estimate of drug-likeness (QED) is 0.361. The van der Waals surface area contributed by atoms with E-state index < -0.39 is 18.4 Å². The second kappa shape index (κ2) is 7.69. The maximum absolute atomic E-state index is 12.5. The number of fused-ring (bicyclic) bond motifs is 1. The van der Waals surface area contributed by atoms with Crippen molar-refractivity contribution in [1.29, 1.82) is 0 Å². The first-order valence-corrected chi connectivity index (χ1v) is 7.79. The Balaban J connectivity index is 2.08. The highest BCUT2D eigenvalue weighted by atomic mass is 16.7. The number of nitrogens with zero attached hydrogens (tertiary/aromatic N) is 1. The van der Waals surface area contributed by atoms with E-state index in [-0.39, 0.29) is 18.2 Å². The number of aryl methyl sites for hydroxylation is 1. The largest absolute Gasteiger partial charge is 0.422 e. The number of rotatable bonds is 5. The van der Waals surface area contributed by atoms with E-state index in [0.29, 0.717) is 0 Å². The third-order valence-corrected chi connectivity index (χ3v) is 3.86. The molecule has 0 radical (unpaired) electrons. The second-order valence-electron chi connectivity index (χ2n) is 5.72. The molecule has 0 spiro atoms. The van der Waals surface area contributed by atoms with Crippen molar-refractivity contribution in [3.63, 3.8) is 0 Å². The van der Waals surface area contributed by atoms with E-state index in [0.717, 1.165) is 18.4 Å². The van der Waals surface area contributed by atoms with Crippen LogP contribution in [-0.4, -0.2) is 29.8 Å². The number of carbonyl (C=O) groups is 2. The summed E-state index contributed by atoms with van der Waals surface area (Å²) in [5.74, 6) is 1.89. The van der Waals surface area contributed by atoms with Gasteiger partial charge >= 0.3 is 12.1 Å². The molecule has 0 aliphatic heterocycles. The van der Waals surface area contributed by atoms with Crippen molar-refractivity contribution in [2.45, 2.75) is 39.0 Å². The van der Waals surface area contributed by atoms with Crippen LogP contribution >= 0.6 is 0 Å². The summed E-state index contributed by atoms with van der Waals surface area (Å²) in [6.07, 6.45) is 5.47. The number of amides is 1. The monoisotopic (exact) mass is 327 g/mol. The van der Waals surface area contributed by atoms with Gasteiger partial charge in [-0.15, -0.1) is 6.42 Å². The molecule has 0 N–H and O–H groups in total. The van der Waals surface area contributed by atoms with E-state index in [4.69, 9.17) is 15.9 Å². The Bertz CT molecular complexity index is 689. The molecule has 1 amide bonds. The van der Waals surface area contributed by atoms with Gasteiger partial charge in [-0.1, -0.05) is 36.8 Å². The van der Waals surface area contributed by atoms with E-state index in [1.165, 1.54) is 24.3 Å². The van der Waals surface area contributed by atoms with Gasteiger partial charge in [0.1, 0.15) is 0 Å². The molecule has 5 heteroatoms. The Morgan fingerprint density at radius 1 is 1.42 bits per heavy atom. The van der Waals surface area contributed by atoms with E-state index in [1.807, 2.05) is 24.3 Å². The summed E-state index contributed by atoms with van der Waals surface area (Å²) in [5, 5.41) is 0. The van der Waals surface area contributed by atoms with Crippen molar-refractivity contribution < 1.29 is 19.1 Å². The number of benzene rings is 1. The number of hydrogen-bond donors (Lipinski definition) is 0. The van der Waals surface area contributed by atoms with Crippen LogP contribution in [0.5, 0.6) is 0 Å². The van der Waals surface area contributed by atoms with Gasteiger partial charge in [-0.25, -0.2) is 9.59 Å². The molecule has 1 aliphatic carbocycles. The summed E-state index contributed by atoms with van der Waals surface area (Å²) in [4.78, 5) is 25.5. The summed E-state index contributed by atoms with van der Waals surface area (Å²) < 4.78 is 10.2. The summed E-state index contributed by atoms with van der Waals surface area (Å²) in [7, 11) is 0. The Kier molecular flexibility index (Phi) is 5.64. The predicted octanol–water partition coefficient (Wildman–Crippen LogP) is 3.21. The van der Waals surface area contributed by atoms with Gasteiger partial charge in [0.2, 0.25) is 6.29 Å². The van der Waals surface area contributed by atoms with Crippen LogP contribution in [0.1, 0.15) is 37.4 Å². The van der Waals surface area contributed by atoms with Crippen molar-refractivity contribution in [3.05, 3.63) is 47.5 Å².